The quantitative estimate of drug-likeness (QED) is 0.555. The Hall–Kier alpha value is -2.09. The molecular weight excluding hydrogens is 420 g/mol. The Morgan fingerprint density at radius 1 is 1.33 bits per heavy atom. The van der Waals surface area contributed by atoms with Gasteiger partial charge in [0.2, 0.25) is 5.69 Å². The minimum absolute atomic E-state index is 0.0876. The molecule has 0 radical (unpaired) electrons. The molecule has 2 aliphatic heterocycles. The summed E-state index contributed by atoms with van der Waals surface area (Å²) in [5.74, 6) is -0.106. The highest BCUT2D eigenvalue weighted by atomic mass is 35.5. The van der Waals surface area contributed by atoms with Crippen LogP contribution in [0.3, 0.4) is 0 Å². The molecule has 2 aromatic rings. The van der Waals surface area contributed by atoms with E-state index in [1.165, 1.54) is 0 Å². The summed E-state index contributed by atoms with van der Waals surface area (Å²) in [5.41, 5.74) is 1.39. The first-order valence-electron chi connectivity index (χ1n) is 10.2. The third-order valence-corrected chi connectivity index (χ3v) is 7.06. The van der Waals surface area contributed by atoms with Gasteiger partial charge < -0.3 is 15.0 Å². The minimum Gasteiger partial charge on any atom is -0.381 e. The number of nitrogens with one attached hydrogen (secondary N) is 3. The summed E-state index contributed by atoms with van der Waals surface area (Å²) < 4.78 is 5.51. The van der Waals surface area contributed by atoms with Crippen molar-refractivity contribution in [2.75, 3.05) is 32.8 Å². The predicted octanol–water partition coefficient (Wildman–Crippen LogP) is 0.931. The molecule has 4 rings (SSSR count). The molecule has 0 unspecified atom stereocenters. The molecule has 0 aliphatic carbocycles. The standard InChI is InChI=1S/C22H25ClN4O2S/c1-24-13-22(8-11-29-12-9-22)14-26-21(28)18-19(17-3-2-10-25-20(17)27-18)30-16-6-4-15(23)5-7-16/h3-7H,1-2,8-14H2,(H,25,27)(H,26,28)/p+1. The van der Waals surface area contributed by atoms with Crippen LogP contribution < -0.4 is 21.0 Å². The summed E-state index contributed by atoms with van der Waals surface area (Å²) in [4.78, 5) is 26.0. The molecule has 1 aromatic carbocycles. The minimum atomic E-state index is -0.106. The van der Waals surface area contributed by atoms with Crippen molar-refractivity contribution in [1.82, 2.24) is 10.3 Å². The zero-order valence-corrected chi connectivity index (χ0v) is 18.4. The fraction of sp³-hybridized carbons (Fsp3) is 0.409. The molecule has 1 fully saturated rings. The molecule has 8 heteroatoms. The Kier molecular flexibility index (Phi) is 6.61. The first-order chi connectivity index (χ1) is 14.6. The number of nitrogens with zero attached hydrogens (tertiary/aromatic N) is 1. The number of H-pyrrole nitrogens is 1. The van der Waals surface area contributed by atoms with Gasteiger partial charge in [0, 0.05) is 48.1 Å². The van der Waals surface area contributed by atoms with Crippen LogP contribution in [0.4, 0.5) is 0 Å². The number of aliphatic imine (C=N–C) groups is 1. The molecule has 1 saturated heterocycles. The van der Waals surface area contributed by atoms with Gasteiger partial charge in [-0.05, 0) is 43.8 Å². The fourth-order valence-electron chi connectivity index (χ4n) is 3.92. The van der Waals surface area contributed by atoms with E-state index in [0.717, 1.165) is 46.3 Å². The van der Waals surface area contributed by atoms with Crippen molar-refractivity contribution in [1.29, 1.82) is 0 Å². The highest BCUT2D eigenvalue weighted by Crippen LogP contribution is 2.31. The molecule has 0 atom stereocenters. The van der Waals surface area contributed by atoms with Gasteiger partial charge in [-0.15, -0.1) is 0 Å². The highest BCUT2D eigenvalue weighted by Gasteiger charge is 2.34. The Balaban J connectivity index is 1.60. The van der Waals surface area contributed by atoms with Crippen molar-refractivity contribution in [3.63, 3.8) is 0 Å². The molecule has 0 bridgehead atoms. The second-order valence-corrected chi connectivity index (χ2v) is 9.29. The Bertz CT molecular complexity index is 1040. The molecule has 3 heterocycles. The predicted molar refractivity (Wildman–Crippen MR) is 119 cm³/mol. The summed E-state index contributed by atoms with van der Waals surface area (Å²) in [6.45, 7) is 7.08. The zero-order valence-electron chi connectivity index (χ0n) is 16.8. The van der Waals surface area contributed by atoms with E-state index in [2.05, 4.69) is 33.1 Å². The monoisotopic (exact) mass is 445 g/mol. The molecule has 6 nitrogen and oxygen atoms in total. The molecule has 1 amide bonds. The largest absolute Gasteiger partial charge is 0.381 e. The molecule has 3 N–H and O–H groups in total. The van der Waals surface area contributed by atoms with Gasteiger partial charge in [0.1, 0.15) is 0 Å². The average Bonchev–Trinajstić information content (AvgIpc) is 3.13. The molecule has 158 valence electrons. The number of hydrogen-bond acceptors (Lipinski definition) is 4. The first-order valence-corrected chi connectivity index (χ1v) is 11.3. The van der Waals surface area contributed by atoms with Crippen LogP contribution in [0.5, 0.6) is 0 Å². The summed E-state index contributed by atoms with van der Waals surface area (Å²) in [6, 6.07) is 7.66. The lowest BCUT2D eigenvalue weighted by atomic mass is 9.80. The Morgan fingerprint density at radius 2 is 2.10 bits per heavy atom. The van der Waals surface area contributed by atoms with Gasteiger partial charge in [-0.2, -0.15) is 0 Å². The maximum atomic E-state index is 13.2. The van der Waals surface area contributed by atoms with Gasteiger partial charge in [-0.3, -0.25) is 9.79 Å². The molecule has 30 heavy (non-hydrogen) atoms. The lowest BCUT2D eigenvalue weighted by Gasteiger charge is -2.35. The van der Waals surface area contributed by atoms with E-state index in [4.69, 9.17) is 16.3 Å². The maximum Gasteiger partial charge on any atom is 0.292 e. The summed E-state index contributed by atoms with van der Waals surface area (Å²) in [7, 11) is 0. The topological polar surface area (TPSA) is 80.5 Å². The summed E-state index contributed by atoms with van der Waals surface area (Å²) in [6.07, 6.45) is 4.84. The van der Waals surface area contributed by atoms with E-state index in [-0.39, 0.29) is 11.3 Å². The van der Waals surface area contributed by atoms with Gasteiger partial charge in [-0.1, -0.05) is 29.4 Å². The van der Waals surface area contributed by atoms with E-state index < -0.39 is 0 Å². The average molecular weight is 446 g/mol. The van der Waals surface area contributed by atoms with Crippen molar-refractivity contribution >= 4 is 42.1 Å². The normalized spacial score (nSPS) is 17.4. The van der Waals surface area contributed by atoms with Crippen LogP contribution in [-0.4, -0.2) is 50.5 Å². The second kappa shape index (κ2) is 9.37. The van der Waals surface area contributed by atoms with Crippen LogP contribution in [-0.2, 0) is 4.74 Å². The number of fused-ring (bicyclic) bond motifs is 1. The molecular formula is C22H26ClN4O2S+. The fourth-order valence-corrected chi connectivity index (χ4v) is 5.10. The third kappa shape index (κ3) is 4.63. The van der Waals surface area contributed by atoms with Crippen molar-refractivity contribution in [2.45, 2.75) is 29.1 Å². The second-order valence-electron chi connectivity index (χ2n) is 7.77. The number of ether oxygens (including phenoxy) is 1. The van der Waals surface area contributed by atoms with Gasteiger partial charge in [0.15, 0.2) is 0 Å². The summed E-state index contributed by atoms with van der Waals surface area (Å²) >= 11 is 7.60. The number of aromatic amines is 1. The van der Waals surface area contributed by atoms with E-state index in [1.54, 1.807) is 11.8 Å². The van der Waals surface area contributed by atoms with E-state index in [9.17, 15) is 4.79 Å². The van der Waals surface area contributed by atoms with Crippen molar-refractivity contribution in [2.24, 2.45) is 10.4 Å². The van der Waals surface area contributed by atoms with Crippen molar-refractivity contribution in [3.05, 3.63) is 45.7 Å². The van der Waals surface area contributed by atoms with Crippen LogP contribution in [0.15, 0.2) is 39.0 Å². The number of amides is 1. The number of benzene rings is 1. The van der Waals surface area contributed by atoms with Crippen LogP contribution in [0.1, 0.15) is 29.8 Å². The van der Waals surface area contributed by atoms with E-state index in [0.29, 0.717) is 37.0 Å². The lowest BCUT2D eigenvalue weighted by molar-refractivity contribution is -0.504. The zero-order chi connectivity index (χ0) is 21.0. The SMILES string of the molecule is C=NCC1(CNC(=O)c2[nH]c3c(c2Sc2ccc(Cl)cc2)=CCC[NH+]=3)CCOCC1. The van der Waals surface area contributed by atoms with E-state index in [1.807, 2.05) is 24.3 Å². The van der Waals surface area contributed by atoms with Crippen LogP contribution in [0, 0.1) is 5.41 Å². The highest BCUT2D eigenvalue weighted by molar-refractivity contribution is 7.99. The van der Waals surface area contributed by atoms with Crippen LogP contribution in [0.2, 0.25) is 5.02 Å². The Morgan fingerprint density at radius 3 is 2.83 bits per heavy atom. The first kappa shape index (κ1) is 21.2. The Labute approximate surface area is 184 Å². The van der Waals surface area contributed by atoms with Gasteiger partial charge in [0.25, 0.3) is 11.4 Å². The molecule has 1 aromatic heterocycles. The van der Waals surface area contributed by atoms with Crippen LogP contribution in [0.25, 0.3) is 6.08 Å². The lowest BCUT2D eigenvalue weighted by Crippen LogP contribution is -2.81. The number of halogens is 1. The molecule has 2 aliphatic rings. The number of carbonyl (C=O) groups excluding carboxylic acids is 1. The number of rotatable bonds is 7. The van der Waals surface area contributed by atoms with E-state index >= 15 is 0 Å². The van der Waals surface area contributed by atoms with Crippen LogP contribution >= 0.6 is 23.4 Å². The smallest absolute Gasteiger partial charge is 0.292 e. The molecule has 0 spiro atoms. The van der Waals surface area contributed by atoms with Gasteiger partial charge in [0.05, 0.1) is 16.7 Å². The third-order valence-electron chi connectivity index (χ3n) is 5.67. The van der Waals surface area contributed by atoms with Gasteiger partial charge >= 0.3 is 0 Å². The number of carbonyl (C=O) groups is 1. The number of hydrogen-bond donors (Lipinski definition) is 3. The van der Waals surface area contributed by atoms with Crippen molar-refractivity contribution < 1.29 is 14.5 Å². The van der Waals surface area contributed by atoms with Gasteiger partial charge in [-0.25, -0.2) is 4.98 Å². The summed E-state index contributed by atoms with van der Waals surface area (Å²) in [5, 5.41) is 4.90. The number of aromatic nitrogens is 1. The van der Waals surface area contributed by atoms with Crippen molar-refractivity contribution in [3.8, 4) is 0 Å². The maximum absolute atomic E-state index is 13.2. The molecule has 0 saturated carbocycles.